The molecule has 0 aliphatic carbocycles. The van der Waals surface area contributed by atoms with E-state index in [0.717, 1.165) is 50.7 Å². The first-order chi connectivity index (χ1) is 14.8. The van der Waals surface area contributed by atoms with Gasteiger partial charge >= 0.3 is 0 Å². The first kappa shape index (κ1) is 20.1. The monoisotopic (exact) mass is 405 g/mol. The topological polar surface area (TPSA) is 64.7 Å². The van der Waals surface area contributed by atoms with Crippen molar-refractivity contribution in [1.29, 1.82) is 0 Å². The minimum absolute atomic E-state index is 0.585. The summed E-state index contributed by atoms with van der Waals surface area (Å²) < 4.78 is 5.52. The van der Waals surface area contributed by atoms with E-state index < -0.39 is 0 Å². The Bertz CT molecular complexity index is 996. The number of anilines is 1. The van der Waals surface area contributed by atoms with Gasteiger partial charge in [-0.3, -0.25) is 4.99 Å². The van der Waals surface area contributed by atoms with E-state index in [9.17, 15) is 0 Å². The Labute approximate surface area is 178 Å². The average molecular weight is 406 g/mol. The van der Waals surface area contributed by atoms with Gasteiger partial charge in [0.2, 0.25) is 0 Å². The molecule has 3 aromatic rings. The van der Waals surface area contributed by atoms with Crippen molar-refractivity contribution in [2.75, 3.05) is 45.2 Å². The summed E-state index contributed by atoms with van der Waals surface area (Å²) >= 11 is 0. The van der Waals surface area contributed by atoms with Gasteiger partial charge in [0.05, 0.1) is 12.8 Å². The van der Waals surface area contributed by atoms with Crippen LogP contribution in [0.3, 0.4) is 0 Å². The summed E-state index contributed by atoms with van der Waals surface area (Å²) in [4.78, 5) is 10.1. The summed E-state index contributed by atoms with van der Waals surface area (Å²) in [5.41, 5.74) is 3.70. The predicted octanol–water partition coefficient (Wildman–Crippen LogP) is 3.41. The number of benzene rings is 2. The molecule has 1 atom stereocenters. The molecule has 6 heteroatoms. The number of aliphatic imine (C=N–C) groups is 1. The smallest absolute Gasteiger partial charge is 0.190 e. The molecule has 1 aliphatic heterocycles. The Hall–Kier alpha value is -3.15. The molecular weight excluding hydrogens is 374 g/mol. The number of hydrogen-bond donors (Lipinski definition) is 3. The highest BCUT2D eigenvalue weighted by Crippen LogP contribution is 2.31. The number of nitrogens with zero attached hydrogens (tertiary/aromatic N) is 2. The van der Waals surface area contributed by atoms with Crippen LogP contribution >= 0.6 is 0 Å². The summed E-state index contributed by atoms with van der Waals surface area (Å²) in [5.74, 6) is 2.40. The number of guanidine groups is 1. The molecule has 0 amide bonds. The third-order valence-corrected chi connectivity index (χ3v) is 5.86. The zero-order valence-electron chi connectivity index (χ0n) is 17.8. The van der Waals surface area contributed by atoms with Gasteiger partial charge in [-0.2, -0.15) is 0 Å². The van der Waals surface area contributed by atoms with Crippen molar-refractivity contribution in [2.24, 2.45) is 10.9 Å². The van der Waals surface area contributed by atoms with Crippen LogP contribution in [0.25, 0.3) is 10.9 Å². The number of hydrogen-bond acceptors (Lipinski definition) is 3. The van der Waals surface area contributed by atoms with Gasteiger partial charge in [0.15, 0.2) is 5.96 Å². The van der Waals surface area contributed by atoms with Crippen molar-refractivity contribution in [3.05, 3.63) is 60.3 Å². The fraction of sp³-hybridized carbons (Fsp3) is 0.375. The molecule has 1 unspecified atom stereocenters. The van der Waals surface area contributed by atoms with Gasteiger partial charge < -0.3 is 25.3 Å². The number of rotatable bonds is 7. The van der Waals surface area contributed by atoms with Crippen molar-refractivity contribution in [1.82, 2.24) is 15.6 Å². The molecule has 1 aliphatic rings. The van der Waals surface area contributed by atoms with E-state index in [1.54, 1.807) is 7.11 Å². The molecule has 0 saturated carbocycles. The zero-order chi connectivity index (χ0) is 20.8. The minimum Gasteiger partial charge on any atom is -0.495 e. The number of fused-ring (bicyclic) bond motifs is 1. The van der Waals surface area contributed by atoms with Gasteiger partial charge in [0.1, 0.15) is 5.75 Å². The standard InChI is InChI=1S/C24H31N5O/c1-25-24(26-13-11-19-16-27-21-8-4-3-7-20(19)21)28-15-18-12-14-29(17-18)22-9-5-6-10-23(22)30-2/h3-10,16,18,27H,11-15,17H2,1-2H3,(H2,25,26,28). The maximum absolute atomic E-state index is 5.52. The molecular formula is C24H31N5O. The van der Waals surface area contributed by atoms with E-state index in [1.807, 2.05) is 19.2 Å². The van der Waals surface area contributed by atoms with Gasteiger partial charge in [-0.05, 0) is 42.5 Å². The van der Waals surface area contributed by atoms with E-state index in [4.69, 9.17) is 4.74 Å². The second-order valence-electron chi connectivity index (χ2n) is 7.76. The van der Waals surface area contributed by atoms with E-state index in [2.05, 4.69) is 68.1 Å². The fourth-order valence-corrected chi connectivity index (χ4v) is 4.22. The predicted molar refractivity (Wildman–Crippen MR) is 125 cm³/mol. The normalized spacial score (nSPS) is 16.8. The van der Waals surface area contributed by atoms with E-state index in [1.165, 1.54) is 22.2 Å². The highest BCUT2D eigenvalue weighted by molar-refractivity contribution is 5.83. The van der Waals surface area contributed by atoms with Crippen molar-refractivity contribution >= 4 is 22.5 Å². The van der Waals surface area contributed by atoms with Crippen molar-refractivity contribution in [3.8, 4) is 5.75 Å². The number of methoxy groups -OCH3 is 1. The Morgan fingerprint density at radius 1 is 1.17 bits per heavy atom. The van der Waals surface area contributed by atoms with Crippen LogP contribution in [-0.2, 0) is 6.42 Å². The first-order valence-electron chi connectivity index (χ1n) is 10.7. The van der Waals surface area contributed by atoms with Crippen LogP contribution in [0, 0.1) is 5.92 Å². The maximum Gasteiger partial charge on any atom is 0.190 e. The van der Waals surface area contributed by atoms with Crippen LogP contribution in [-0.4, -0.2) is 51.3 Å². The largest absolute Gasteiger partial charge is 0.495 e. The summed E-state index contributed by atoms with van der Waals surface area (Å²) in [6, 6.07) is 16.7. The lowest BCUT2D eigenvalue weighted by Gasteiger charge is -2.21. The molecule has 6 nitrogen and oxygen atoms in total. The highest BCUT2D eigenvalue weighted by atomic mass is 16.5. The number of aromatic amines is 1. The van der Waals surface area contributed by atoms with Crippen LogP contribution < -0.4 is 20.3 Å². The third-order valence-electron chi connectivity index (χ3n) is 5.86. The maximum atomic E-state index is 5.52. The van der Waals surface area contributed by atoms with Gasteiger partial charge in [-0.25, -0.2) is 0 Å². The lowest BCUT2D eigenvalue weighted by Crippen LogP contribution is -2.41. The number of ether oxygens (including phenoxy) is 1. The van der Waals surface area contributed by atoms with Crippen LogP contribution in [0.15, 0.2) is 59.7 Å². The first-order valence-corrected chi connectivity index (χ1v) is 10.7. The molecule has 2 heterocycles. The van der Waals surface area contributed by atoms with Crippen LogP contribution in [0.4, 0.5) is 5.69 Å². The fourth-order valence-electron chi connectivity index (χ4n) is 4.22. The van der Waals surface area contributed by atoms with E-state index in [-0.39, 0.29) is 0 Å². The lowest BCUT2D eigenvalue weighted by atomic mass is 10.1. The average Bonchev–Trinajstić information content (AvgIpc) is 3.43. The van der Waals surface area contributed by atoms with Gasteiger partial charge in [0, 0.05) is 50.3 Å². The quantitative estimate of drug-likeness (QED) is 0.416. The third kappa shape index (κ3) is 4.53. The molecule has 4 rings (SSSR count). The summed E-state index contributed by atoms with van der Waals surface area (Å²) in [6.45, 7) is 3.84. The highest BCUT2D eigenvalue weighted by Gasteiger charge is 2.24. The van der Waals surface area contributed by atoms with Crippen LogP contribution in [0.2, 0.25) is 0 Å². The molecule has 30 heavy (non-hydrogen) atoms. The number of H-pyrrole nitrogens is 1. The second-order valence-corrected chi connectivity index (χ2v) is 7.76. The Morgan fingerprint density at radius 3 is 2.87 bits per heavy atom. The van der Waals surface area contributed by atoms with Gasteiger partial charge in [-0.15, -0.1) is 0 Å². The molecule has 3 N–H and O–H groups in total. The summed E-state index contributed by atoms with van der Waals surface area (Å²) in [7, 11) is 3.57. The number of aromatic nitrogens is 1. The molecule has 0 radical (unpaired) electrons. The Balaban J connectivity index is 1.24. The molecule has 0 spiro atoms. The molecule has 158 valence electrons. The molecule has 0 bridgehead atoms. The molecule has 1 aromatic heterocycles. The van der Waals surface area contributed by atoms with Crippen LogP contribution in [0.5, 0.6) is 5.75 Å². The number of para-hydroxylation sites is 3. The summed E-state index contributed by atoms with van der Waals surface area (Å²) in [6.07, 6.45) is 4.22. The van der Waals surface area contributed by atoms with Gasteiger partial charge in [0.25, 0.3) is 0 Å². The Morgan fingerprint density at radius 2 is 2.00 bits per heavy atom. The molecule has 2 aromatic carbocycles. The van der Waals surface area contributed by atoms with Crippen molar-refractivity contribution in [3.63, 3.8) is 0 Å². The molecule has 1 saturated heterocycles. The van der Waals surface area contributed by atoms with Crippen molar-refractivity contribution < 1.29 is 4.74 Å². The van der Waals surface area contributed by atoms with Crippen molar-refractivity contribution in [2.45, 2.75) is 12.8 Å². The van der Waals surface area contributed by atoms with E-state index in [0.29, 0.717) is 5.92 Å². The van der Waals surface area contributed by atoms with Gasteiger partial charge in [-0.1, -0.05) is 30.3 Å². The zero-order valence-corrected chi connectivity index (χ0v) is 17.8. The SMILES string of the molecule is CN=C(NCCc1c[nH]c2ccccc12)NCC1CCN(c2ccccc2OC)C1. The summed E-state index contributed by atoms with van der Waals surface area (Å²) in [5, 5.41) is 8.25. The second kappa shape index (κ2) is 9.57. The number of nitrogens with one attached hydrogen (secondary N) is 3. The molecule has 1 fully saturated rings. The minimum atomic E-state index is 0.585. The lowest BCUT2D eigenvalue weighted by molar-refractivity contribution is 0.414. The van der Waals surface area contributed by atoms with Crippen LogP contribution in [0.1, 0.15) is 12.0 Å². The Kier molecular flexibility index (Phi) is 6.42. The van der Waals surface area contributed by atoms with E-state index >= 15 is 0 Å².